The second kappa shape index (κ2) is 7.25. The summed E-state index contributed by atoms with van der Waals surface area (Å²) in [6.07, 6.45) is 1.02. The molecule has 0 heterocycles. The minimum absolute atomic E-state index is 0.121. The van der Waals surface area contributed by atoms with Gasteiger partial charge in [0.25, 0.3) is 0 Å². The van der Waals surface area contributed by atoms with E-state index < -0.39 is 4.92 Å². The number of rotatable bonds is 7. The fraction of sp³-hybridized carbons (Fsp3) is 0.417. The highest BCUT2D eigenvalue weighted by atomic mass is 16.6. The molecule has 6 heteroatoms. The summed E-state index contributed by atoms with van der Waals surface area (Å²) in [5, 5.41) is 22.4. The van der Waals surface area contributed by atoms with Crippen LogP contribution in [0, 0.1) is 21.4 Å². The Kier molecular flexibility index (Phi) is 5.61. The van der Waals surface area contributed by atoms with Crippen molar-refractivity contribution in [1.29, 1.82) is 5.26 Å². The van der Waals surface area contributed by atoms with Crippen LogP contribution in [0.3, 0.4) is 0 Å². The Bertz CT molecular complexity index is 454. The fourth-order valence-corrected chi connectivity index (χ4v) is 1.45. The lowest BCUT2D eigenvalue weighted by Gasteiger charge is -2.07. The van der Waals surface area contributed by atoms with Gasteiger partial charge in [-0.2, -0.15) is 5.26 Å². The van der Waals surface area contributed by atoms with E-state index in [4.69, 9.17) is 10.00 Å². The van der Waals surface area contributed by atoms with Gasteiger partial charge in [-0.05, 0) is 24.6 Å². The molecule has 0 aliphatic heterocycles. The molecular formula is C12H15N3O3. The Morgan fingerprint density at radius 2 is 2.33 bits per heavy atom. The van der Waals surface area contributed by atoms with E-state index in [9.17, 15) is 10.1 Å². The molecule has 0 aromatic heterocycles. The Hall–Kier alpha value is -2.13. The van der Waals surface area contributed by atoms with Crippen LogP contribution in [0.2, 0.25) is 0 Å². The fourth-order valence-electron chi connectivity index (χ4n) is 1.45. The number of hydrogen-bond donors (Lipinski definition) is 1. The molecule has 0 radical (unpaired) electrons. The van der Waals surface area contributed by atoms with E-state index in [1.165, 1.54) is 6.07 Å². The van der Waals surface area contributed by atoms with E-state index in [-0.39, 0.29) is 18.0 Å². The number of nitro benzene ring substituents is 1. The molecule has 0 saturated heterocycles. The van der Waals surface area contributed by atoms with Gasteiger partial charge in [-0.25, -0.2) is 0 Å². The van der Waals surface area contributed by atoms with Crippen molar-refractivity contribution in [2.75, 3.05) is 13.2 Å². The topological polar surface area (TPSA) is 88.2 Å². The Balaban J connectivity index is 2.84. The van der Waals surface area contributed by atoms with E-state index in [0.29, 0.717) is 6.54 Å². The van der Waals surface area contributed by atoms with Crippen molar-refractivity contribution in [1.82, 2.24) is 5.32 Å². The lowest BCUT2D eigenvalue weighted by molar-refractivity contribution is -0.385. The van der Waals surface area contributed by atoms with E-state index in [1.807, 2.05) is 0 Å². The summed E-state index contributed by atoms with van der Waals surface area (Å²) in [6.45, 7) is 3.36. The van der Waals surface area contributed by atoms with Crippen molar-refractivity contribution in [3.8, 4) is 11.8 Å². The van der Waals surface area contributed by atoms with E-state index >= 15 is 0 Å². The predicted molar refractivity (Wildman–Crippen MR) is 66.2 cm³/mol. The van der Waals surface area contributed by atoms with Gasteiger partial charge < -0.3 is 10.1 Å². The zero-order chi connectivity index (χ0) is 13.4. The molecule has 18 heavy (non-hydrogen) atoms. The molecule has 96 valence electrons. The maximum Gasteiger partial charge on any atom is 0.310 e. The van der Waals surface area contributed by atoms with Gasteiger partial charge in [-0.3, -0.25) is 10.1 Å². The van der Waals surface area contributed by atoms with Crippen LogP contribution in [0.4, 0.5) is 5.69 Å². The molecule has 0 atom stereocenters. The number of nitro groups is 1. The number of hydrogen-bond acceptors (Lipinski definition) is 5. The maximum absolute atomic E-state index is 10.8. The normalized spacial score (nSPS) is 9.78. The average Bonchev–Trinajstić information content (AvgIpc) is 2.36. The van der Waals surface area contributed by atoms with Gasteiger partial charge >= 0.3 is 5.69 Å². The number of benzene rings is 1. The first kappa shape index (κ1) is 13.9. The molecule has 0 unspecified atom stereocenters. The summed E-state index contributed by atoms with van der Waals surface area (Å²) in [7, 11) is 0. The van der Waals surface area contributed by atoms with E-state index in [1.54, 1.807) is 18.2 Å². The molecule has 0 amide bonds. The van der Waals surface area contributed by atoms with Crippen LogP contribution in [0.15, 0.2) is 18.2 Å². The molecule has 0 aliphatic rings. The van der Waals surface area contributed by atoms with Gasteiger partial charge in [0.2, 0.25) is 0 Å². The molecule has 0 fully saturated rings. The van der Waals surface area contributed by atoms with Crippen LogP contribution in [-0.2, 0) is 6.54 Å². The number of nitrogens with one attached hydrogen (secondary N) is 1. The standard InChI is InChI=1S/C12H15N3O3/c1-2-6-14-9-10-3-4-11(15(16)17)12(8-10)18-7-5-13/h3-4,8,14H,2,6-7,9H2,1H3. The van der Waals surface area contributed by atoms with Gasteiger partial charge in [0.1, 0.15) is 6.07 Å². The van der Waals surface area contributed by atoms with Crippen LogP contribution in [0.5, 0.6) is 5.75 Å². The third-order valence-electron chi connectivity index (χ3n) is 2.27. The molecule has 1 rings (SSSR count). The van der Waals surface area contributed by atoms with Gasteiger partial charge in [0.15, 0.2) is 12.4 Å². The van der Waals surface area contributed by atoms with Crippen molar-refractivity contribution in [2.45, 2.75) is 19.9 Å². The van der Waals surface area contributed by atoms with Crippen LogP contribution in [0.1, 0.15) is 18.9 Å². The zero-order valence-electron chi connectivity index (χ0n) is 10.2. The largest absolute Gasteiger partial charge is 0.472 e. The minimum Gasteiger partial charge on any atom is -0.472 e. The summed E-state index contributed by atoms with van der Waals surface area (Å²) < 4.78 is 5.06. The summed E-state index contributed by atoms with van der Waals surface area (Å²) >= 11 is 0. The molecule has 1 aromatic rings. The van der Waals surface area contributed by atoms with Gasteiger partial charge in [0, 0.05) is 12.6 Å². The van der Waals surface area contributed by atoms with Crippen molar-refractivity contribution in [3.05, 3.63) is 33.9 Å². The monoisotopic (exact) mass is 249 g/mol. The highest BCUT2D eigenvalue weighted by molar-refractivity contribution is 5.48. The van der Waals surface area contributed by atoms with Crippen LogP contribution < -0.4 is 10.1 Å². The number of nitrogens with zero attached hydrogens (tertiary/aromatic N) is 2. The Labute approximate surface area is 105 Å². The first-order valence-corrected chi connectivity index (χ1v) is 5.66. The molecule has 0 bridgehead atoms. The predicted octanol–water partition coefficient (Wildman–Crippen LogP) is 2.00. The first-order chi connectivity index (χ1) is 8.69. The second-order valence-corrected chi connectivity index (χ2v) is 3.68. The zero-order valence-corrected chi connectivity index (χ0v) is 10.2. The molecular weight excluding hydrogens is 234 g/mol. The van der Waals surface area contributed by atoms with Crippen molar-refractivity contribution >= 4 is 5.69 Å². The number of nitriles is 1. The van der Waals surface area contributed by atoms with E-state index in [0.717, 1.165) is 18.5 Å². The molecule has 6 nitrogen and oxygen atoms in total. The molecule has 0 spiro atoms. The lowest BCUT2D eigenvalue weighted by atomic mass is 10.2. The third kappa shape index (κ3) is 4.03. The first-order valence-electron chi connectivity index (χ1n) is 5.66. The van der Waals surface area contributed by atoms with Gasteiger partial charge in [-0.1, -0.05) is 13.0 Å². The van der Waals surface area contributed by atoms with Gasteiger partial charge in [-0.15, -0.1) is 0 Å². The lowest BCUT2D eigenvalue weighted by Crippen LogP contribution is -2.13. The summed E-state index contributed by atoms with van der Waals surface area (Å²) in [5.74, 6) is 0.136. The summed E-state index contributed by atoms with van der Waals surface area (Å²) in [5.41, 5.74) is 0.770. The quantitative estimate of drug-likeness (QED) is 0.453. The van der Waals surface area contributed by atoms with Crippen molar-refractivity contribution in [2.24, 2.45) is 0 Å². The Morgan fingerprint density at radius 3 is 2.94 bits per heavy atom. The van der Waals surface area contributed by atoms with Crippen molar-refractivity contribution in [3.63, 3.8) is 0 Å². The van der Waals surface area contributed by atoms with Crippen LogP contribution in [0.25, 0.3) is 0 Å². The maximum atomic E-state index is 10.8. The third-order valence-corrected chi connectivity index (χ3v) is 2.27. The Morgan fingerprint density at radius 1 is 1.56 bits per heavy atom. The summed E-state index contributed by atoms with van der Waals surface area (Å²) in [4.78, 5) is 10.3. The van der Waals surface area contributed by atoms with Gasteiger partial charge in [0.05, 0.1) is 4.92 Å². The summed E-state index contributed by atoms with van der Waals surface area (Å²) in [6, 6.07) is 6.47. The molecule has 1 aromatic carbocycles. The SMILES string of the molecule is CCCNCc1ccc([N+](=O)[O-])c(OCC#N)c1. The van der Waals surface area contributed by atoms with Crippen LogP contribution in [-0.4, -0.2) is 18.1 Å². The molecule has 0 saturated carbocycles. The molecule has 0 aliphatic carbocycles. The van der Waals surface area contributed by atoms with E-state index in [2.05, 4.69) is 12.2 Å². The highest BCUT2D eigenvalue weighted by Gasteiger charge is 2.15. The molecule has 1 N–H and O–H groups in total. The smallest absolute Gasteiger partial charge is 0.310 e. The number of ether oxygens (including phenoxy) is 1. The second-order valence-electron chi connectivity index (χ2n) is 3.68. The minimum atomic E-state index is -0.518. The highest BCUT2D eigenvalue weighted by Crippen LogP contribution is 2.27. The average molecular weight is 249 g/mol. The van der Waals surface area contributed by atoms with Crippen molar-refractivity contribution < 1.29 is 9.66 Å². The van der Waals surface area contributed by atoms with Crippen LogP contribution >= 0.6 is 0 Å².